The molecule has 180 valence electrons. The molecule has 1 amide bonds. The van der Waals surface area contributed by atoms with Crippen molar-refractivity contribution >= 4 is 17.4 Å². The van der Waals surface area contributed by atoms with E-state index < -0.39 is 35.2 Å². The number of aliphatic hydroxyl groups is 2. The van der Waals surface area contributed by atoms with Gasteiger partial charge in [-0.15, -0.1) is 0 Å². The summed E-state index contributed by atoms with van der Waals surface area (Å²) in [6.07, 6.45) is 1.34. The molecule has 2 aromatic carbocycles. The Morgan fingerprint density at radius 1 is 1.21 bits per heavy atom. The van der Waals surface area contributed by atoms with Crippen molar-refractivity contribution < 1.29 is 24.5 Å². The molecule has 8 nitrogen and oxygen atoms in total. The Morgan fingerprint density at radius 2 is 1.91 bits per heavy atom. The number of aliphatic hydroxyl groups excluding tert-OH is 1. The van der Waals surface area contributed by atoms with Gasteiger partial charge in [-0.05, 0) is 63.4 Å². The van der Waals surface area contributed by atoms with E-state index in [-0.39, 0.29) is 16.8 Å². The molecule has 0 saturated heterocycles. The Kier molecular flexibility index (Phi) is 5.06. The van der Waals surface area contributed by atoms with Crippen molar-refractivity contribution in [3.8, 4) is 5.75 Å². The van der Waals surface area contributed by atoms with Crippen molar-refractivity contribution in [1.82, 2.24) is 10.2 Å². The number of amides is 1. The van der Waals surface area contributed by atoms with Gasteiger partial charge in [0.05, 0.1) is 11.7 Å². The quantitative estimate of drug-likeness (QED) is 0.480. The van der Waals surface area contributed by atoms with Crippen molar-refractivity contribution in [3.63, 3.8) is 0 Å². The predicted octanol–water partition coefficient (Wildman–Crippen LogP) is 1.84. The van der Waals surface area contributed by atoms with Crippen LogP contribution in [-0.2, 0) is 16.1 Å². The summed E-state index contributed by atoms with van der Waals surface area (Å²) in [4.78, 5) is 29.0. The Bertz CT molecular complexity index is 1180. The summed E-state index contributed by atoms with van der Waals surface area (Å²) in [7, 11) is 3.32. The number of carbonyl (C=O) groups excluding carboxylic acids is 2. The lowest BCUT2D eigenvalue weighted by molar-refractivity contribution is -0.177. The van der Waals surface area contributed by atoms with Gasteiger partial charge in [0.1, 0.15) is 11.8 Å². The minimum absolute atomic E-state index is 0.129. The number of carbonyl (C=O) groups is 2. The van der Waals surface area contributed by atoms with Gasteiger partial charge in [-0.2, -0.15) is 0 Å². The van der Waals surface area contributed by atoms with E-state index >= 15 is 0 Å². The molecule has 5 atom stereocenters. The molecule has 34 heavy (non-hydrogen) atoms. The topological polar surface area (TPSA) is 125 Å². The number of nitrogens with one attached hydrogen (secondary N) is 1. The molecule has 0 aromatic heterocycles. The second-order valence-corrected chi connectivity index (χ2v) is 10.1. The highest BCUT2D eigenvalue weighted by atomic mass is 16.6. The summed E-state index contributed by atoms with van der Waals surface area (Å²) in [5, 5.41) is 25.1. The van der Waals surface area contributed by atoms with E-state index in [2.05, 4.69) is 12.2 Å². The highest BCUT2D eigenvalue weighted by Gasteiger charge is 2.72. The van der Waals surface area contributed by atoms with Gasteiger partial charge >= 0.3 is 0 Å². The summed E-state index contributed by atoms with van der Waals surface area (Å²) in [6.45, 7) is 3.66. The summed E-state index contributed by atoms with van der Waals surface area (Å²) in [5.41, 5.74) is 6.19. The van der Waals surface area contributed by atoms with Crippen LogP contribution in [0.1, 0.15) is 59.7 Å². The molecule has 3 aliphatic rings. The fourth-order valence-corrected chi connectivity index (χ4v) is 5.68. The number of likely N-dealkylation sites (N-methyl/N-ethyl adjacent to an activating group) is 1. The summed E-state index contributed by atoms with van der Waals surface area (Å²) >= 11 is 0. The molecular weight excluding hydrogens is 434 g/mol. The summed E-state index contributed by atoms with van der Waals surface area (Å²) < 4.78 is 6.15. The maximum Gasteiger partial charge on any atom is 0.271 e. The van der Waals surface area contributed by atoms with E-state index in [9.17, 15) is 19.8 Å². The van der Waals surface area contributed by atoms with Crippen LogP contribution in [-0.4, -0.2) is 53.0 Å². The number of rotatable bonds is 6. The zero-order chi connectivity index (χ0) is 24.6. The van der Waals surface area contributed by atoms with Crippen LogP contribution in [0, 0.1) is 5.92 Å². The Labute approximate surface area is 198 Å². The Morgan fingerprint density at radius 3 is 2.53 bits per heavy atom. The number of ether oxygens (including phenoxy) is 1. The zero-order valence-corrected chi connectivity index (χ0v) is 19.8. The van der Waals surface area contributed by atoms with Crippen molar-refractivity contribution in [2.75, 3.05) is 19.8 Å². The molecule has 0 spiro atoms. The number of nitrogens with two attached hydrogens (primary N) is 1. The van der Waals surface area contributed by atoms with Crippen LogP contribution in [0.3, 0.4) is 0 Å². The lowest BCUT2D eigenvalue weighted by Crippen LogP contribution is -2.64. The average molecular weight is 466 g/mol. The van der Waals surface area contributed by atoms with Gasteiger partial charge in [0.2, 0.25) is 17.2 Å². The van der Waals surface area contributed by atoms with Crippen LogP contribution in [0.25, 0.3) is 0 Å². The van der Waals surface area contributed by atoms with E-state index in [1.54, 1.807) is 43.3 Å². The first-order valence-corrected chi connectivity index (χ1v) is 11.7. The molecule has 1 saturated carbocycles. The fraction of sp³-hybridized carbons (Fsp3) is 0.462. The van der Waals surface area contributed by atoms with Gasteiger partial charge < -0.3 is 26.0 Å². The van der Waals surface area contributed by atoms with Gasteiger partial charge in [0.15, 0.2) is 0 Å². The molecule has 0 bridgehead atoms. The zero-order valence-electron chi connectivity index (χ0n) is 19.8. The molecule has 1 fully saturated rings. The lowest BCUT2D eigenvalue weighted by atomic mass is 9.81. The lowest BCUT2D eigenvalue weighted by Gasteiger charge is -2.37. The van der Waals surface area contributed by atoms with Crippen molar-refractivity contribution in [2.24, 2.45) is 5.92 Å². The highest BCUT2D eigenvalue weighted by Crippen LogP contribution is 2.59. The van der Waals surface area contributed by atoms with E-state index in [1.807, 2.05) is 12.1 Å². The molecule has 1 heterocycles. The predicted molar refractivity (Wildman–Crippen MR) is 126 cm³/mol. The van der Waals surface area contributed by atoms with E-state index in [1.165, 1.54) is 19.8 Å². The van der Waals surface area contributed by atoms with Crippen molar-refractivity contribution in [3.05, 3.63) is 58.7 Å². The molecule has 1 aliphatic heterocycles. The third-order valence-corrected chi connectivity index (χ3v) is 7.65. The molecule has 5 N–H and O–H groups in total. The van der Waals surface area contributed by atoms with Crippen molar-refractivity contribution in [1.29, 1.82) is 0 Å². The third-order valence-electron chi connectivity index (χ3n) is 7.65. The van der Waals surface area contributed by atoms with E-state index in [0.29, 0.717) is 23.1 Å². The van der Waals surface area contributed by atoms with Crippen LogP contribution in [0.2, 0.25) is 0 Å². The molecule has 5 rings (SSSR count). The van der Waals surface area contributed by atoms with Crippen LogP contribution in [0.5, 0.6) is 5.75 Å². The largest absolute Gasteiger partial charge is 0.454 e. The standard InChI is InChI=1S/C26H31N3O5/c1-13(15-8-9-15)16-10-11-17-20(12-16)34-26(33)18-6-5-7-19(27)21(18)23(31)25(17,26)28-24(32)22(14(2)30)29(3)4/h5-7,10-15,22,30,33H,8-9,27H2,1-4H3,(H,28,32)/t13?,14-,22?,25+,26+/m0/s1. The van der Waals surface area contributed by atoms with E-state index in [0.717, 1.165) is 5.56 Å². The number of nitrogens with zero attached hydrogens (tertiary/aromatic N) is 1. The normalized spacial score (nSPS) is 27.4. The molecule has 8 heteroatoms. The average Bonchev–Trinajstić information content (AvgIpc) is 3.55. The SMILES string of the molecule is CC(c1ccc2c(c1)O[C@]1(O)c3cccc(N)c3C(=O)[C@]21NC(=O)C([C@H](C)O)N(C)C)C1CC1. The monoisotopic (exact) mass is 465 g/mol. The minimum Gasteiger partial charge on any atom is -0.454 e. The first-order chi connectivity index (χ1) is 16.0. The number of benzene rings is 2. The van der Waals surface area contributed by atoms with Crippen LogP contribution in [0.15, 0.2) is 36.4 Å². The third kappa shape index (κ3) is 2.95. The van der Waals surface area contributed by atoms with Gasteiger partial charge in [-0.3, -0.25) is 14.5 Å². The maximum absolute atomic E-state index is 14.0. The van der Waals surface area contributed by atoms with Gasteiger partial charge in [0.25, 0.3) is 5.79 Å². The number of Topliss-reactive ketones (excluding diaryl/α,β-unsaturated/α-hetero) is 1. The first-order valence-electron chi connectivity index (χ1n) is 11.7. The fourth-order valence-electron chi connectivity index (χ4n) is 5.68. The first kappa shape index (κ1) is 22.8. The molecule has 2 unspecified atom stereocenters. The van der Waals surface area contributed by atoms with E-state index in [4.69, 9.17) is 10.5 Å². The van der Waals surface area contributed by atoms with Gasteiger partial charge in [-0.1, -0.05) is 31.2 Å². The number of fused-ring (bicyclic) bond motifs is 5. The smallest absolute Gasteiger partial charge is 0.271 e. The second-order valence-electron chi connectivity index (χ2n) is 10.1. The second kappa shape index (κ2) is 7.53. The summed E-state index contributed by atoms with van der Waals surface area (Å²) in [5.74, 6) is -2.03. The minimum atomic E-state index is -2.18. The van der Waals surface area contributed by atoms with Gasteiger partial charge in [-0.25, -0.2) is 0 Å². The number of nitrogen functional groups attached to an aromatic ring is 1. The Hall–Kier alpha value is -2.94. The van der Waals surface area contributed by atoms with Crippen LogP contribution in [0.4, 0.5) is 5.69 Å². The molecule has 2 aliphatic carbocycles. The maximum atomic E-state index is 14.0. The van der Waals surface area contributed by atoms with Crippen LogP contribution < -0.4 is 15.8 Å². The Balaban J connectivity index is 1.68. The van der Waals surface area contributed by atoms with Crippen LogP contribution >= 0.6 is 0 Å². The molecule has 0 radical (unpaired) electrons. The molecular formula is C26H31N3O5. The number of ketones is 1. The number of hydrogen-bond acceptors (Lipinski definition) is 7. The number of anilines is 1. The highest BCUT2D eigenvalue weighted by molar-refractivity contribution is 6.15. The number of hydrogen-bond donors (Lipinski definition) is 4. The van der Waals surface area contributed by atoms with Gasteiger partial charge in [0, 0.05) is 16.8 Å². The van der Waals surface area contributed by atoms with Crippen molar-refractivity contribution in [2.45, 2.75) is 56.1 Å². The summed E-state index contributed by atoms with van der Waals surface area (Å²) in [6, 6.07) is 9.41. The molecule has 2 aromatic rings.